The average molecular weight is 306 g/mol. The third kappa shape index (κ3) is 5.00. The van der Waals surface area contributed by atoms with Crippen molar-refractivity contribution < 1.29 is 0 Å². The molecule has 2 rings (SSSR count). The maximum atomic E-state index is 2.40. The van der Waals surface area contributed by atoms with Crippen molar-refractivity contribution in [2.75, 3.05) is 0 Å². The highest BCUT2D eigenvalue weighted by molar-refractivity contribution is 5.07. The molecule has 2 saturated carbocycles. The van der Waals surface area contributed by atoms with Gasteiger partial charge < -0.3 is 0 Å². The van der Waals surface area contributed by atoms with Crippen LogP contribution in [0.5, 0.6) is 0 Å². The Hall–Kier alpha value is 0. The van der Waals surface area contributed by atoms with Crippen LogP contribution >= 0.6 is 0 Å². The molecule has 0 aromatic carbocycles. The molecular formula is C22H41. The van der Waals surface area contributed by atoms with Crippen LogP contribution in [0.4, 0.5) is 0 Å². The van der Waals surface area contributed by atoms with Gasteiger partial charge in [-0.2, -0.15) is 0 Å². The lowest BCUT2D eigenvalue weighted by Gasteiger charge is -2.49. The molecule has 1 radical (unpaired) electrons. The second-order valence-corrected chi connectivity index (χ2v) is 8.77. The van der Waals surface area contributed by atoms with Gasteiger partial charge in [-0.1, -0.05) is 78.6 Å². The standard InChI is InChI=1S/C22H41/c1-4-5-9-16-22(17-10-6-11-18-22)21-13-8-7-12-20(21)15-14-19(2)3/h19,21H,4-18H2,1-3H3. The predicted octanol–water partition coefficient (Wildman–Crippen LogP) is 7.72. The van der Waals surface area contributed by atoms with Crippen LogP contribution in [0.15, 0.2) is 0 Å². The SMILES string of the molecule is CCCCCC1(C2CCCC[C]2CCC(C)C)CCCCC1. The van der Waals surface area contributed by atoms with Gasteiger partial charge in [0.1, 0.15) is 0 Å². The minimum atomic E-state index is 0.722. The maximum absolute atomic E-state index is 2.40. The minimum Gasteiger partial charge on any atom is -0.0654 e. The molecule has 0 aromatic heterocycles. The molecule has 0 aliphatic heterocycles. The normalized spacial score (nSPS) is 26.5. The van der Waals surface area contributed by atoms with E-state index in [1.54, 1.807) is 12.8 Å². The fourth-order valence-electron chi connectivity index (χ4n) is 5.35. The van der Waals surface area contributed by atoms with Gasteiger partial charge in [0, 0.05) is 0 Å². The Morgan fingerprint density at radius 1 is 1.00 bits per heavy atom. The topological polar surface area (TPSA) is 0 Å². The molecule has 0 N–H and O–H groups in total. The van der Waals surface area contributed by atoms with Gasteiger partial charge in [0.15, 0.2) is 0 Å². The maximum Gasteiger partial charge on any atom is -0.0204 e. The summed E-state index contributed by atoms with van der Waals surface area (Å²) in [6, 6.07) is 0. The van der Waals surface area contributed by atoms with Crippen molar-refractivity contribution in [3.63, 3.8) is 0 Å². The number of hydrogen-bond acceptors (Lipinski definition) is 0. The first-order valence-electron chi connectivity index (χ1n) is 10.5. The zero-order chi connectivity index (χ0) is 15.8. The predicted molar refractivity (Wildman–Crippen MR) is 98.9 cm³/mol. The van der Waals surface area contributed by atoms with Crippen molar-refractivity contribution in [2.45, 2.75) is 117 Å². The van der Waals surface area contributed by atoms with Gasteiger partial charge in [0.25, 0.3) is 0 Å². The molecule has 0 aromatic rings. The summed E-state index contributed by atoms with van der Waals surface area (Å²) in [7, 11) is 0. The van der Waals surface area contributed by atoms with Gasteiger partial charge in [0.2, 0.25) is 0 Å². The molecule has 0 bridgehead atoms. The lowest BCUT2D eigenvalue weighted by atomic mass is 9.56. The number of unbranched alkanes of at least 4 members (excludes halogenated alkanes) is 2. The van der Waals surface area contributed by atoms with Crippen LogP contribution in [0.3, 0.4) is 0 Å². The van der Waals surface area contributed by atoms with Crippen LogP contribution in [0.1, 0.15) is 117 Å². The Morgan fingerprint density at radius 2 is 1.77 bits per heavy atom. The van der Waals surface area contributed by atoms with Crippen molar-refractivity contribution in [3.05, 3.63) is 5.92 Å². The van der Waals surface area contributed by atoms with Gasteiger partial charge >= 0.3 is 0 Å². The molecule has 2 aliphatic rings. The summed E-state index contributed by atoms with van der Waals surface area (Å²) in [5, 5.41) is 0. The molecule has 0 saturated heterocycles. The van der Waals surface area contributed by atoms with Gasteiger partial charge in [0.05, 0.1) is 0 Å². The lowest BCUT2D eigenvalue weighted by molar-refractivity contribution is 0.0645. The third-order valence-corrected chi connectivity index (χ3v) is 6.64. The molecule has 2 fully saturated rings. The Morgan fingerprint density at radius 3 is 2.45 bits per heavy atom. The van der Waals surface area contributed by atoms with E-state index < -0.39 is 0 Å². The van der Waals surface area contributed by atoms with E-state index in [4.69, 9.17) is 0 Å². The summed E-state index contributed by atoms with van der Waals surface area (Å²) in [5.41, 5.74) is 0.722. The van der Waals surface area contributed by atoms with E-state index >= 15 is 0 Å². The molecule has 0 nitrogen and oxygen atoms in total. The van der Waals surface area contributed by atoms with E-state index in [9.17, 15) is 0 Å². The molecule has 22 heavy (non-hydrogen) atoms. The summed E-state index contributed by atoms with van der Waals surface area (Å²) >= 11 is 0. The Balaban J connectivity index is 2.04. The first kappa shape index (κ1) is 18.3. The fraction of sp³-hybridized carbons (Fsp3) is 0.955. The van der Waals surface area contributed by atoms with Gasteiger partial charge in [-0.25, -0.2) is 0 Å². The molecule has 2 aliphatic carbocycles. The largest absolute Gasteiger partial charge is 0.0654 e. The van der Waals surface area contributed by atoms with Crippen molar-refractivity contribution in [3.8, 4) is 0 Å². The Labute approximate surface area is 140 Å². The summed E-state index contributed by atoms with van der Waals surface area (Å²) in [6.07, 6.45) is 22.3. The average Bonchev–Trinajstić information content (AvgIpc) is 2.54. The van der Waals surface area contributed by atoms with Crippen molar-refractivity contribution >= 4 is 0 Å². The van der Waals surface area contributed by atoms with Crippen LogP contribution < -0.4 is 0 Å². The van der Waals surface area contributed by atoms with Gasteiger partial charge in [-0.05, 0) is 61.7 Å². The van der Waals surface area contributed by atoms with Crippen molar-refractivity contribution in [2.24, 2.45) is 17.3 Å². The summed E-state index contributed by atoms with van der Waals surface area (Å²) in [6.45, 7) is 7.15. The third-order valence-electron chi connectivity index (χ3n) is 6.64. The first-order chi connectivity index (χ1) is 10.7. The quantitative estimate of drug-likeness (QED) is 0.403. The lowest BCUT2D eigenvalue weighted by Crippen LogP contribution is -2.38. The number of hydrogen-bond donors (Lipinski definition) is 0. The van der Waals surface area contributed by atoms with E-state index in [0.717, 1.165) is 17.3 Å². The summed E-state index contributed by atoms with van der Waals surface area (Å²) in [4.78, 5) is 0. The molecule has 0 spiro atoms. The second-order valence-electron chi connectivity index (χ2n) is 8.77. The van der Waals surface area contributed by atoms with Crippen LogP contribution in [-0.2, 0) is 0 Å². The molecule has 0 heterocycles. The van der Waals surface area contributed by atoms with E-state index in [2.05, 4.69) is 20.8 Å². The fourth-order valence-corrected chi connectivity index (χ4v) is 5.35. The van der Waals surface area contributed by atoms with Crippen LogP contribution in [-0.4, -0.2) is 0 Å². The zero-order valence-corrected chi connectivity index (χ0v) is 15.8. The highest BCUT2D eigenvalue weighted by Gasteiger charge is 2.43. The van der Waals surface area contributed by atoms with Crippen LogP contribution in [0.25, 0.3) is 0 Å². The van der Waals surface area contributed by atoms with E-state index in [-0.39, 0.29) is 0 Å². The van der Waals surface area contributed by atoms with E-state index in [1.165, 1.54) is 83.5 Å². The molecule has 0 heteroatoms. The molecule has 1 atom stereocenters. The Bertz CT molecular complexity index is 284. The van der Waals surface area contributed by atoms with Crippen LogP contribution in [0, 0.1) is 23.2 Å². The molecule has 129 valence electrons. The molecule has 0 amide bonds. The van der Waals surface area contributed by atoms with E-state index in [0.29, 0.717) is 0 Å². The van der Waals surface area contributed by atoms with Gasteiger partial charge in [-0.3, -0.25) is 0 Å². The molecule has 1 unspecified atom stereocenters. The van der Waals surface area contributed by atoms with E-state index in [1.807, 2.05) is 5.92 Å². The minimum absolute atomic E-state index is 0.722. The second kappa shape index (κ2) is 9.33. The van der Waals surface area contributed by atoms with Crippen LogP contribution in [0.2, 0.25) is 0 Å². The van der Waals surface area contributed by atoms with Crippen molar-refractivity contribution in [1.29, 1.82) is 0 Å². The first-order valence-corrected chi connectivity index (χ1v) is 10.5. The summed E-state index contributed by atoms with van der Waals surface area (Å²) < 4.78 is 0. The summed E-state index contributed by atoms with van der Waals surface area (Å²) in [5.74, 6) is 3.87. The monoisotopic (exact) mass is 305 g/mol. The molecular weight excluding hydrogens is 264 g/mol. The smallest absolute Gasteiger partial charge is 0.0204 e. The van der Waals surface area contributed by atoms with Gasteiger partial charge in [-0.15, -0.1) is 0 Å². The Kier molecular flexibility index (Phi) is 7.78. The highest BCUT2D eigenvalue weighted by atomic mass is 14.5. The van der Waals surface area contributed by atoms with Crippen molar-refractivity contribution in [1.82, 2.24) is 0 Å². The highest BCUT2D eigenvalue weighted by Crippen LogP contribution is 2.55. The zero-order valence-electron chi connectivity index (χ0n) is 15.8. The number of rotatable bonds is 8.